The summed E-state index contributed by atoms with van der Waals surface area (Å²) in [5.41, 5.74) is 4.45. The zero-order valence-corrected chi connectivity index (χ0v) is 16.4. The minimum absolute atomic E-state index is 0.552. The summed E-state index contributed by atoms with van der Waals surface area (Å²) in [6.07, 6.45) is 8.94. The number of nitrogens with zero attached hydrogens (tertiary/aromatic N) is 5. The molecule has 0 fully saturated rings. The van der Waals surface area contributed by atoms with E-state index in [0.717, 1.165) is 38.5 Å². The van der Waals surface area contributed by atoms with Crippen LogP contribution in [0.15, 0.2) is 53.8 Å². The van der Waals surface area contributed by atoms with Crippen LogP contribution in [0.5, 0.6) is 5.75 Å². The minimum atomic E-state index is 0.552. The van der Waals surface area contributed by atoms with Gasteiger partial charge in [-0.1, -0.05) is 0 Å². The highest BCUT2D eigenvalue weighted by Crippen LogP contribution is 2.29. The van der Waals surface area contributed by atoms with E-state index in [1.165, 1.54) is 0 Å². The number of methoxy groups -OCH3 is 1. The van der Waals surface area contributed by atoms with Crippen molar-refractivity contribution in [1.82, 2.24) is 24.3 Å². The molecule has 0 bridgehead atoms. The molecule has 136 valence electrons. The molecule has 27 heavy (non-hydrogen) atoms. The molecule has 0 aliphatic carbocycles. The molecule has 0 atom stereocenters. The van der Waals surface area contributed by atoms with Gasteiger partial charge in [0.15, 0.2) is 11.5 Å². The summed E-state index contributed by atoms with van der Waals surface area (Å²) in [5, 5.41) is 3.32. The third-order valence-electron chi connectivity index (χ3n) is 4.14. The molecule has 0 aliphatic heterocycles. The first kappa shape index (κ1) is 17.4. The van der Waals surface area contributed by atoms with Crippen molar-refractivity contribution in [2.45, 2.75) is 13.5 Å². The van der Waals surface area contributed by atoms with Crippen molar-refractivity contribution in [3.05, 3.63) is 65.0 Å². The van der Waals surface area contributed by atoms with Crippen LogP contribution in [-0.4, -0.2) is 31.4 Å². The lowest BCUT2D eigenvalue weighted by atomic mass is 10.1. The first-order chi connectivity index (χ1) is 13.2. The molecule has 0 saturated carbocycles. The third kappa shape index (κ3) is 3.48. The van der Waals surface area contributed by atoms with Gasteiger partial charge in [-0.05, 0) is 46.6 Å². The van der Waals surface area contributed by atoms with E-state index in [4.69, 9.17) is 4.74 Å². The number of ether oxygens (including phenoxy) is 1. The Kier molecular flexibility index (Phi) is 4.72. The van der Waals surface area contributed by atoms with Gasteiger partial charge in [-0.25, -0.2) is 9.97 Å². The fraction of sp³-hybridized carbons (Fsp3) is 0.158. The maximum absolute atomic E-state index is 5.56. The number of pyridine rings is 2. The Bertz CT molecular complexity index is 1110. The molecule has 0 unspecified atom stereocenters. The van der Waals surface area contributed by atoms with Gasteiger partial charge in [-0.2, -0.15) is 0 Å². The number of aromatic nitrogens is 5. The van der Waals surface area contributed by atoms with Crippen LogP contribution in [0.3, 0.4) is 0 Å². The summed E-state index contributed by atoms with van der Waals surface area (Å²) >= 11 is 3.47. The fourth-order valence-electron chi connectivity index (χ4n) is 2.85. The number of nitrogens with one attached hydrogen (secondary N) is 1. The second kappa shape index (κ2) is 7.32. The summed E-state index contributed by atoms with van der Waals surface area (Å²) < 4.78 is 8.35. The maximum Gasteiger partial charge on any atom is 0.180 e. The average molecular weight is 425 g/mol. The molecular formula is C19H17BrN6O. The normalized spacial score (nSPS) is 10.9. The molecule has 0 aliphatic rings. The smallest absolute Gasteiger partial charge is 0.180 e. The largest absolute Gasteiger partial charge is 0.494 e. The minimum Gasteiger partial charge on any atom is -0.494 e. The molecule has 7 nitrogen and oxygen atoms in total. The summed E-state index contributed by atoms with van der Waals surface area (Å²) in [5.74, 6) is 1.42. The zero-order valence-electron chi connectivity index (χ0n) is 14.8. The number of fused-ring (bicyclic) bond motifs is 1. The molecule has 0 spiro atoms. The second-order valence-corrected chi connectivity index (χ2v) is 6.80. The van der Waals surface area contributed by atoms with Gasteiger partial charge in [-0.3, -0.25) is 14.4 Å². The van der Waals surface area contributed by atoms with E-state index in [1.807, 2.05) is 41.9 Å². The topological polar surface area (TPSA) is 77.2 Å². The zero-order chi connectivity index (χ0) is 18.8. The van der Waals surface area contributed by atoms with Crippen LogP contribution in [0.1, 0.15) is 11.3 Å². The molecule has 0 aromatic carbocycles. The molecule has 0 radical (unpaired) electrons. The molecule has 1 N–H and O–H groups in total. The van der Waals surface area contributed by atoms with Crippen molar-refractivity contribution in [2.24, 2.45) is 0 Å². The van der Waals surface area contributed by atoms with Gasteiger partial charge in [0.1, 0.15) is 16.0 Å². The molecule has 0 amide bonds. The number of hydrogen-bond donors (Lipinski definition) is 1. The number of anilines is 1. The van der Waals surface area contributed by atoms with Crippen LogP contribution in [0.25, 0.3) is 16.9 Å². The van der Waals surface area contributed by atoms with Crippen molar-refractivity contribution in [2.75, 3.05) is 12.4 Å². The van der Waals surface area contributed by atoms with Crippen molar-refractivity contribution < 1.29 is 4.74 Å². The monoisotopic (exact) mass is 424 g/mol. The van der Waals surface area contributed by atoms with Crippen molar-refractivity contribution in [3.63, 3.8) is 0 Å². The summed E-state index contributed by atoms with van der Waals surface area (Å²) in [6, 6.07) is 5.90. The fourth-order valence-corrected chi connectivity index (χ4v) is 3.24. The van der Waals surface area contributed by atoms with Gasteiger partial charge in [0, 0.05) is 42.6 Å². The van der Waals surface area contributed by atoms with E-state index in [-0.39, 0.29) is 0 Å². The molecule has 0 saturated heterocycles. The van der Waals surface area contributed by atoms with Crippen LogP contribution < -0.4 is 10.1 Å². The first-order valence-corrected chi connectivity index (χ1v) is 9.12. The first-order valence-electron chi connectivity index (χ1n) is 8.33. The highest BCUT2D eigenvalue weighted by Gasteiger charge is 2.11. The van der Waals surface area contributed by atoms with Gasteiger partial charge in [0.2, 0.25) is 0 Å². The predicted molar refractivity (Wildman–Crippen MR) is 107 cm³/mol. The molecule has 8 heteroatoms. The molecule has 4 aromatic rings. The predicted octanol–water partition coefficient (Wildman–Crippen LogP) is 3.88. The van der Waals surface area contributed by atoms with Gasteiger partial charge in [0.25, 0.3) is 0 Å². The van der Waals surface area contributed by atoms with E-state index >= 15 is 0 Å². The summed E-state index contributed by atoms with van der Waals surface area (Å²) in [4.78, 5) is 17.6. The van der Waals surface area contributed by atoms with E-state index in [2.05, 4.69) is 41.2 Å². The van der Waals surface area contributed by atoms with Gasteiger partial charge < -0.3 is 10.1 Å². The average Bonchev–Trinajstić information content (AvgIpc) is 3.08. The third-order valence-corrected chi connectivity index (χ3v) is 4.73. The standard InChI is InChI=1S/C19H17BrN6O/c1-12-7-14(3-4-21-12)17-15(27-2)8-13(9-23-17)10-24-18-19-25-11-16(20)26(19)6-5-22-18/h3-9,11H,10H2,1-2H3,(H,22,24). The van der Waals surface area contributed by atoms with Gasteiger partial charge >= 0.3 is 0 Å². The van der Waals surface area contributed by atoms with E-state index < -0.39 is 0 Å². The number of halogens is 1. The van der Waals surface area contributed by atoms with Crippen LogP contribution in [0.2, 0.25) is 0 Å². The molecule has 4 aromatic heterocycles. The molecule has 4 rings (SSSR count). The van der Waals surface area contributed by atoms with Gasteiger partial charge in [-0.15, -0.1) is 0 Å². The van der Waals surface area contributed by atoms with Gasteiger partial charge in [0.05, 0.1) is 13.3 Å². The van der Waals surface area contributed by atoms with Crippen molar-refractivity contribution in [1.29, 1.82) is 0 Å². The second-order valence-electron chi connectivity index (χ2n) is 5.98. The number of hydrogen-bond acceptors (Lipinski definition) is 6. The number of rotatable bonds is 5. The maximum atomic E-state index is 5.56. The number of aryl methyl sites for hydroxylation is 1. The van der Waals surface area contributed by atoms with E-state index in [1.54, 1.807) is 25.7 Å². The Labute approximate surface area is 164 Å². The van der Waals surface area contributed by atoms with E-state index in [9.17, 15) is 0 Å². The lowest BCUT2D eigenvalue weighted by Gasteiger charge is -2.11. The molecular weight excluding hydrogens is 408 g/mol. The number of imidazole rings is 1. The lowest BCUT2D eigenvalue weighted by Crippen LogP contribution is -2.05. The summed E-state index contributed by atoms with van der Waals surface area (Å²) in [7, 11) is 1.65. The van der Waals surface area contributed by atoms with Crippen molar-refractivity contribution >= 4 is 27.4 Å². The molecule has 4 heterocycles. The van der Waals surface area contributed by atoms with Crippen LogP contribution in [-0.2, 0) is 6.54 Å². The Morgan fingerprint density at radius 3 is 2.81 bits per heavy atom. The Morgan fingerprint density at radius 1 is 1.11 bits per heavy atom. The highest BCUT2D eigenvalue weighted by atomic mass is 79.9. The quantitative estimate of drug-likeness (QED) is 0.523. The SMILES string of the molecule is COc1cc(CNc2nccn3c(Br)cnc23)cnc1-c1ccnc(C)c1. The Hall–Kier alpha value is -3.00. The van der Waals surface area contributed by atoms with Crippen molar-refractivity contribution in [3.8, 4) is 17.0 Å². The van der Waals surface area contributed by atoms with Crippen LogP contribution in [0.4, 0.5) is 5.82 Å². The lowest BCUT2D eigenvalue weighted by molar-refractivity contribution is 0.414. The summed E-state index contributed by atoms with van der Waals surface area (Å²) in [6.45, 7) is 2.51. The van der Waals surface area contributed by atoms with Crippen LogP contribution in [0, 0.1) is 6.92 Å². The Balaban J connectivity index is 1.59. The highest BCUT2D eigenvalue weighted by molar-refractivity contribution is 9.10. The van der Waals surface area contributed by atoms with E-state index in [0.29, 0.717) is 12.4 Å². The van der Waals surface area contributed by atoms with Crippen LogP contribution >= 0.6 is 15.9 Å². The Morgan fingerprint density at radius 2 is 2.00 bits per heavy atom.